The zero-order valence-electron chi connectivity index (χ0n) is 21.5. The van der Waals surface area contributed by atoms with Crippen molar-refractivity contribution in [2.45, 2.75) is 95.0 Å². The van der Waals surface area contributed by atoms with Gasteiger partial charge in [0.25, 0.3) is 0 Å². The Kier molecular flexibility index (Phi) is 4.35. The second-order valence-electron chi connectivity index (χ2n) is 12.5. The third-order valence-electron chi connectivity index (χ3n) is 11.8. The van der Waals surface area contributed by atoms with Crippen molar-refractivity contribution in [3.63, 3.8) is 0 Å². The largest absolute Gasteiger partial charge is 0.493 e. The SMILES string of the molecule is CCC(C)(C)[C@@](C)(O)[C@H]1C[C@@]23CC[C@]1(OC)[C@@H]1Oc4c(OC)ccc5c4[C@@]12CCN(C)[C@@H]3C5. The highest BCUT2D eigenvalue weighted by Gasteiger charge is 2.82. The van der Waals surface area contributed by atoms with Crippen LogP contribution in [0.2, 0.25) is 0 Å². The minimum absolute atomic E-state index is 0.00711. The van der Waals surface area contributed by atoms with Crippen LogP contribution < -0.4 is 9.47 Å². The molecule has 2 aliphatic heterocycles. The van der Waals surface area contributed by atoms with Crippen molar-refractivity contribution in [3.8, 4) is 11.5 Å². The number of piperidine rings is 1. The van der Waals surface area contributed by atoms with E-state index in [-0.39, 0.29) is 28.3 Å². The molecule has 1 aromatic carbocycles. The first kappa shape index (κ1) is 22.2. The molecule has 2 heterocycles. The number of aliphatic hydroxyl groups is 1. The van der Waals surface area contributed by atoms with E-state index in [1.165, 1.54) is 11.1 Å². The first-order chi connectivity index (χ1) is 15.6. The average molecular weight is 456 g/mol. The van der Waals surface area contributed by atoms with Gasteiger partial charge in [-0.3, -0.25) is 0 Å². The topological polar surface area (TPSA) is 51.2 Å². The van der Waals surface area contributed by atoms with E-state index >= 15 is 0 Å². The zero-order chi connectivity index (χ0) is 23.6. The summed E-state index contributed by atoms with van der Waals surface area (Å²) < 4.78 is 19.5. The molecule has 2 spiro atoms. The Hall–Kier alpha value is -1.30. The van der Waals surface area contributed by atoms with Gasteiger partial charge in [0.15, 0.2) is 11.5 Å². The summed E-state index contributed by atoms with van der Waals surface area (Å²) in [5, 5.41) is 12.3. The molecule has 3 saturated carbocycles. The lowest BCUT2D eigenvalue weighted by molar-refractivity contribution is -0.312. The lowest BCUT2D eigenvalue weighted by Crippen LogP contribution is -2.83. The third kappa shape index (κ3) is 2.18. The number of methoxy groups -OCH3 is 2. The van der Waals surface area contributed by atoms with Crippen LogP contribution in [-0.2, 0) is 16.6 Å². The molecule has 5 nitrogen and oxygen atoms in total. The van der Waals surface area contributed by atoms with Crippen LogP contribution >= 0.6 is 0 Å². The number of hydrogen-bond donors (Lipinski definition) is 1. The standard InChI is InChI=1S/C28H41NO4/c1-8-24(2,3)25(4,30)19-16-26-11-12-28(19,32-7)23-27(26)13-14-29(5)20(26)15-17-9-10-18(31-6)22(33-23)21(17)27/h9-10,19-20,23,30H,8,11-16H2,1-7H3/t19-,20-,23-,25+,26-,27+,28-/m1/s1. The van der Waals surface area contributed by atoms with E-state index in [2.05, 4.69) is 51.8 Å². The number of likely N-dealkylation sites (tertiary alicyclic amines) is 1. The van der Waals surface area contributed by atoms with Crippen molar-refractivity contribution < 1.29 is 19.3 Å². The molecule has 6 aliphatic rings. The van der Waals surface area contributed by atoms with Crippen LogP contribution in [0.15, 0.2) is 12.1 Å². The monoisotopic (exact) mass is 455 g/mol. The summed E-state index contributed by atoms with van der Waals surface area (Å²) in [6, 6.07) is 4.83. The number of ether oxygens (including phenoxy) is 3. The van der Waals surface area contributed by atoms with Gasteiger partial charge in [-0.2, -0.15) is 0 Å². The van der Waals surface area contributed by atoms with E-state index in [9.17, 15) is 5.11 Å². The number of hydrogen-bond acceptors (Lipinski definition) is 5. The fourth-order valence-electron chi connectivity index (χ4n) is 9.32. The molecular weight excluding hydrogens is 414 g/mol. The Morgan fingerprint density at radius 3 is 2.61 bits per heavy atom. The lowest BCUT2D eigenvalue weighted by Gasteiger charge is -2.75. The molecule has 0 unspecified atom stereocenters. The van der Waals surface area contributed by atoms with Crippen molar-refractivity contribution in [3.05, 3.63) is 23.3 Å². The van der Waals surface area contributed by atoms with Crippen LogP contribution in [0.3, 0.4) is 0 Å². The third-order valence-corrected chi connectivity index (χ3v) is 11.8. The number of fused-ring (bicyclic) bond motifs is 2. The van der Waals surface area contributed by atoms with Crippen molar-refractivity contribution in [1.29, 1.82) is 0 Å². The Bertz CT molecular complexity index is 1000. The zero-order valence-corrected chi connectivity index (χ0v) is 21.5. The van der Waals surface area contributed by atoms with Gasteiger partial charge in [-0.15, -0.1) is 0 Å². The van der Waals surface area contributed by atoms with Crippen molar-refractivity contribution in [1.82, 2.24) is 4.90 Å². The maximum atomic E-state index is 12.3. The van der Waals surface area contributed by atoms with Crippen molar-refractivity contribution in [2.24, 2.45) is 16.7 Å². The molecule has 0 radical (unpaired) electrons. The van der Waals surface area contributed by atoms with Crippen LogP contribution in [0.5, 0.6) is 11.5 Å². The minimum atomic E-state index is -0.873. The summed E-state index contributed by atoms with van der Waals surface area (Å²) >= 11 is 0. The Morgan fingerprint density at radius 1 is 1.18 bits per heavy atom. The second-order valence-corrected chi connectivity index (χ2v) is 12.5. The van der Waals surface area contributed by atoms with Crippen molar-refractivity contribution >= 4 is 0 Å². The summed E-state index contributed by atoms with van der Waals surface area (Å²) in [4.78, 5) is 2.61. The van der Waals surface area contributed by atoms with Gasteiger partial charge in [0.1, 0.15) is 11.7 Å². The summed E-state index contributed by atoms with van der Waals surface area (Å²) in [6.45, 7) is 9.76. The highest BCUT2D eigenvalue weighted by atomic mass is 16.6. The molecule has 0 amide bonds. The molecule has 0 aromatic heterocycles. The first-order valence-corrected chi connectivity index (χ1v) is 12.9. The van der Waals surface area contributed by atoms with Gasteiger partial charge in [-0.25, -0.2) is 0 Å². The molecule has 33 heavy (non-hydrogen) atoms. The number of rotatable bonds is 5. The number of benzene rings is 1. The highest BCUT2D eigenvalue weighted by molar-refractivity contribution is 5.63. The van der Waals surface area contributed by atoms with Crippen LogP contribution in [0.4, 0.5) is 0 Å². The van der Waals surface area contributed by atoms with Gasteiger partial charge >= 0.3 is 0 Å². The predicted octanol–water partition coefficient (Wildman–Crippen LogP) is 4.33. The lowest BCUT2D eigenvalue weighted by atomic mass is 9.33. The minimum Gasteiger partial charge on any atom is -0.493 e. The van der Waals surface area contributed by atoms with Gasteiger partial charge in [0.05, 0.1) is 12.7 Å². The fraction of sp³-hybridized carbons (Fsp3) is 0.786. The van der Waals surface area contributed by atoms with Gasteiger partial charge < -0.3 is 24.2 Å². The smallest absolute Gasteiger partial charge is 0.165 e. The molecular formula is C28H41NO4. The molecule has 4 fully saturated rings. The molecule has 1 aromatic rings. The van der Waals surface area contributed by atoms with Crippen LogP contribution in [-0.4, -0.2) is 61.2 Å². The van der Waals surface area contributed by atoms with Gasteiger partial charge in [-0.05, 0) is 76.1 Å². The Morgan fingerprint density at radius 2 is 1.94 bits per heavy atom. The number of likely N-dealkylation sites (N-methyl/N-ethyl adjacent to an activating group) is 1. The van der Waals surface area contributed by atoms with Crippen molar-refractivity contribution in [2.75, 3.05) is 27.8 Å². The maximum Gasteiger partial charge on any atom is 0.165 e. The summed E-state index contributed by atoms with van der Waals surface area (Å²) in [5.74, 6) is 1.80. The van der Waals surface area contributed by atoms with E-state index in [1.807, 2.05) is 7.11 Å². The summed E-state index contributed by atoms with van der Waals surface area (Å²) in [5.41, 5.74) is 1.22. The van der Waals surface area contributed by atoms with E-state index in [0.717, 1.165) is 56.6 Å². The highest BCUT2D eigenvalue weighted by Crippen LogP contribution is 2.78. The molecule has 1 saturated heterocycles. The van der Waals surface area contributed by atoms with Gasteiger partial charge in [-0.1, -0.05) is 26.8 Å². The molecule has 5 heteroatoms. The molecule has 4 bridgehead atoms. The first-order valence-electron chi connectivity index (χ1n) is 12.9. The van der Waals surface area contributed by atoms with Crippen LogP contribution in [0.25, 0.3) is 0 Å². The van der Waals surface area contributed by atoms with E-state index < -0.39 is 11.2 Å². The molecule has 7 atom stereocenters. The molecule has 7 rings (SSSR count). The Balaban J connectivity index is 1.64. The average Bonchev–Trinajstić information content (AvgIpc) is 3.18. The fourth-order valence-corrected chi connectivity index (χ4v) is 9.32. The quantitative estimate of drug-likeness (QED) is 0.716. The predicted molar refractivity (Wildman–Crippen MR) is 128 cm³/mol. The maximum absolute atomic E-state index is 12.3. The second kappa shape index (κ2) is 6.47. The molecule has 182 valence electrons. The van der Waals surface area contributed by atoms with Gasteiger partial charge in [0, 0.05) is 35.5 Å². The summed E-state index contributed by atoms with van der Waals surface area (Å²) in [6.07, 6.45) is 6.01. The van der Waals surface area contributed by atoms with Gasteiger partial charge in [0.2, 0.25) is 0 Å². The molecule has 4 aliphatic carbocycles. The normalized spacial score (nSPS) is 42.5. The summed E-state index contributed by atoms with van der Waals surface area (Å²) in [7, 11) is 5.91. The van der Waals surface area contributed by atoms with Crippen LogP contribution in [0, 0.1) is 16.7 Å². The van der Waals surface area contributed by atoms with E-state index in [1.54, 1.807) is 7.11 Å². The molecule has 1 N–H and O–H groups in total. The van der Waals surface area contributed by atoms with E-state index in [4.69, 9.17) is 14.2 Å². The number of nitrogens with zero attached hydrogens (tertiary/aromatic N) is 1. The van der Waals surface area contributed by atoms with Crippen LogP contribution in [0.1, 0.15) is 70.9 Å². The van der Waals surface area contributed by atoms with E-state index in [0.29, 0.717) is 6.04 Å². The Labute approximate surface area is 198 Å².